The predicted molar refractivity (Wildman–Crippen MR) is 133 cm³/mol. The minimum atomic E-state index is -1.00. The number of rotatable bonds is 6. The Labute approximate surface area is 214 Å². The second-order valence-corrected chi connectivity index (χ2v) is 8.71. The number of aromatic nitrogens is 2. The number of amides is 1. The molecule has 4 aromatic rings. The normalized spacial score (nSPS) is 10.8. The number of hydrogen-bond donors (Lipinski definition) is 1. The Hall–Kier alpha value is -3.26. The average molecular weight is 535 g/mol. The van der Waals surface area contributed by atoms with Gasteiger partial charge in [0.25, 0.3) is 0 Å². The fourth-order valence-electron chi connectivity index (χ4n) is 3.31. The molecular weight excluding hydrogens is 519 g/mol. The third-order valence-electron chi connectivity index (χ3n) is 4.85. The maximum Gasteiger partial charge on any atom is 0.319 e. The monoisotopic (exact) mass is 533 g/mol. The third kappa shape index (κ3) is 5.88. The van der Waals surface area contributed by atoms with Crippen LogP contribution in [0.4, 0.5) is 14.6 Å². The molecule has 0 saturated carbocycles. The van der Waals surface area contributed by atoms with Crippen molar-refractivity contribution in [3.05, 3.63) is 92.9 Å². The number of hydrogen-bond acceptors (Lipinski definition) is 4. The van der Waals surface area contributed by atoms with Gasteiger partial charge in [-0.2, -0.15) is 9.97 Å². The van der Waals surface area contributed by atoms with Gasteiger partial charge in [-0.3, -0.25) is 4.79 Å². The molecule has 0 bridgehead atoms. The van der Waals surface area contributed by atoms with Crippen LogP contribution < -0.4 is 10.1 Å². The molecule has 3 aromatic carbocycles. The lowest BCUT2D eigenvalue weighted by molar-refractivity contribution is -0.114. The van der Waals surface area contributed by atoms with E-state index in [0.717, 1.165) is 12.1 Å². The number of benzene rings is 3. The molecular formula is C25H16Cl3F2N3O2. The number of nitrogens with zero attached hydrogens (tertiary/aromatic N) is 2. The second-order valence-electron chi connectivity index (χ2n) is 7.43. The van der Waals surface area contributed by atoms with Crippen molar-refractivity contribution >= 4 is 46.5 Å². The summed E-state index contributed by atoms with van der Waals surface area (Å²) >= 11 is 18.6. The molecule has 1 N–H and O–H groups in total. The summed E-state index contributed by atoms with van der Waals surface area (Å²) in [6, 6.07) is 15.1. The first-order valence-electron chi connectivity index (χ1n) is 10.2. The average Bonchev–Trinajstić information content (AvgIpc) is 2.80. The first-order valence-corrected chi connectivity index (χ1v) is 11.3. The topological polar surface area (TPSA) is 64.1 Å². The first-order chi connectivity index (χ1) is 16.7. The van der Waals surface area contributed by atoms with Crippen molar-refractivity contribution in [2.75, 3.05) is 5.32 Å². The SMILES string of the molecule is CC(=O)Nc1nc(OCc2ccc(F)c(F)c2)nc(-c2ccc(Cl)cc2Cl)c1-c1ccc(Cl)cc1. The molecule has 0 aliphatic rings. The molecule has 0 radical (unpaired) electrons. The molecule has 10 heteroatoms. The van der Waals surface area contributed by atoms with E-state index < -0.39 is 11.6 Å². The first kappa shape index (κ1) is 24.9. The molecule has 4 rings (SSSR count). The van der Waals surface area contributed by atoms with E-state index in [1.807, 2.05) is 0 Å². The maximum atomic E-state index is 13.6. The Morgan fingerprint density at radius 2 is 1.63 bits per heavy atom. The number of nitrogens with one attached hydrogen (secondary N) is 1. The largest absolute Gasteiger partial charge is 0.459 e. The lowest BCUT2D eigenvalue weighted by atomic mass is 9.99. The number of halogens is 5. The van der Waals surface area contributed by atoms with Crippen LogP contribution in [0.5, 0.6) is 6.01 Å². The number of carbonyl (C=O) groups excluding carboxylic acids is 1. The summed E-state index contributed by atoms with van der Waals surface area (Å²) in [5.74, 6) is -2.18. The number of anilines is 1. The van der Waals surface area contributed by atoms with Gasteiger partial charge in [0.15, 0.2) is 11.6 Å². The van der Waals surface area contributed by atoms with Gasteiger partial charge in [0.1, 0.15) is 12.4 Å². The van der Waals surface area contributed by atoms with Gasteiger partial charge in [0.05, 0.1) is 16.3 Å². The maximum absolute atomic E-state index is 13.6. The van der Waals surface area contributed by atoms with Crippen LogP contribution in [-0.4, -0.2) is 15.9 Å². The predicted octanol–water partition coefficient (Wildman–Crippen LogP) is 7.59. The van der Waals surface area contributed by atoms with Crippen molar-refractivity contribution in [3.8, 4) is 28.4 Å². The van der Waals surface area contributed by atoms with E-state index in [1.165, 1.54) is 13.0 Å². The van der Waals surface area contributed by atoms with Crippen molar-refractivity contribution in [3.63, 3.8) is 0 Å². The van der Waals surface area contributed by atoms with Crippen LogP contribution in [0.1, 0.15) is 12.5 Å². The zero-order valence-electron chi connectivity index (χ0n) is 18.1. The molecule has 35 heavy (non-hydrogen) atoms. The van der Waals surface area contributed by atoms with Gasteiger partial charge >= 0.3 is 6.01 Å². The molecule has 0 spiro atoms. The van der Waals surface area contributed by atoms with Crippen molar-refractivity contribution in [1.29, 1.82) is 0 Å². The highest BCUT2D eigenvalue weighted by Gasteiger charge is 2.21. The minimum absolute atomic E-state index is 0.114. The Morgan fingerprint density at radius 3 is 2.29 bits per heavy atom. The van der Waals surface area contributed by atoms with Crippen LogP contribution >= 0.6 is 34.8 Å². The Bertz CT molecular complexity index is 1420. The zero-order valence-corrected chi connectivity index (χ0v) is 20.3. The summed E-state index contributed by atoms with van der Waals surface area (Å²) in [4.78, 5) is 20.9. The summed E-state index contributed by atoms with van der Waals surface area (Å²) in [6.07, 6.45) is 0. The van der Waals surface area contributed by atoms with Crippen LogP contribution in [-0.2, 0) is 11.4 Å². The van der Waals surface area contributed by atoms with E-state index in [9.17, 15) is 13.6 Å². The lowest BCUT2D eigenvalue weighted by Crippen LogP contribution is -2.12. The third-order valence-corrected chi connectivity index (χ3v) is 5.65. The van der Waals surface area contributed by atoms with E-state index in [1.54, 1.807) is 42.5 Å². The number of carbonyl (C=O) groups is 1. The van der Waals surface area contributed by atoms with Gasteiger partial charge < -0.3 is 10.1 Å². The van der Waals surface area contributed by atoms with Gasteiger partial charge in [0.2, 0.25) is 5.91 Å². The Balaban J connectivity index is 1.87. The van der Waals surface area contributed by atoms with Crippen molar-refractivity contribution < 1.29 is 18.3 Å². The van der Waals surface area contributed by atoms with Crippen LogP contribution in [0.25, 0.3) is 22.4 Å². The lowest BCUT2D eigenvalue weighted by Gasteiger charge is -2.17. The summed E-state index contributed by atoms with van der Waals surface area (Å²) in [6.45, 7) is 1.19. The van der Waals surface area contributed by atoms with E-state index in [-0.39, 0.29) is 24.3 Å². The standard InChI is InChI=1S/C25H16Cl3F2N3O2/c1-13(34)31-24-22(15-3-5-16(26)6-4-15)23(18-8-7-17(27)11-19(18)28)32-25(33-24)35-12-14-2-9-20(29)21(30)10-14/h2-11H,12H2,1H3,(H,31,32,33,34). The van der Waals surface area contributed by atoms with Crippen LogP contribution in [0.3, 0.4) is 0 Å². The van der Waals surface area contributed by atoms with E-state index >= 15 is 0 Å². The van der Waals surface area contributed by atoms with Crippen molar-refractivity contribution in [1.82, 2.24) is 9.97 Å². The molecule has 1 amide bonds. The quantitative estimate of drug-likeness (QED) is 0.277. The second kappa shape index (κ2) is 10.6. The van der Waals surface area contributed by atoms with E-state index in [0.29, 0.717) is 43.0 Å². The highest BCUT2D eigenvalue weighted by atomic mass is 35.5. The van der Waals surface area contributed by atoms with Gasteiger partial charge in [-0.05, 0) is 53.6 Å². The van der Waals surface area contributed by atoms with Crippen molar-refractivity contribution in [2.24, 2.45) is 0 Å². The molecule has 0 atom stereocenters. The molecule has 1 heterocycles. The van der Waals surface area contributed by atoms with Gasteiger partial charge in [-0.15, -0.1) is 0 Å². The molecule has 0 unspecified atom stereocenters. The fourth-order valence-corrected chi connectivity index (χ4v) is 3.93. The van der Waals surface area contributed by atoms with Gasteiger partial charge in [-0.1, -0.05) is 53.0 Å². The van der Waals surface area contributed by atoms with Crippen molar-refractivity contribution in [2.45, 2.75) is 13.5 Å². The molecule has 5 nitrogen and oxygen atoms in total. The summed E-state index contributed by atoms with van der Waals surface area (Å²) in [7, 11) is 0. The minimum Gasteiger partial charge on any atom is -0.459 e. The summed E-state index contributed by atoms with van der Waals surface area (Å²) < 4.78 is 32.6. The van der Waals surface area contributed by atoms with Crippen LogP contribution in [0.2, 0.25) is 15.1 Å². The number of ether oxygens (including phenoxy) is 1. The summed E-state index contributed by atoms with van der Waals surface area (Å²) in [5.41, 5.74) is 2.36. The van der Waals surface area contributed by atoms with Crippen LogP contribution in [0, 0.1) is 11.6 Å². The fraction of sp³-hybridized carbons (Fsp3) is 0.0800. The van der Waals surface area contributed by atoms with E-state index in [2.05, 4.69) is 15.3 Å². The molecule has 0 aliphatic carbocycles. The van der Waals surface area contributed by atoms with Gasteiger partial charge in [0, 0.05) is 22.5 Å². The van der Waals surface area contributed by atoms with Gasteiger partial charge in [-0.25, -0.2) is 8.78 Å². The van der Waals surface area contributed by atoms with E-state index in [4.69, 9.17) is 39.5 Å². The highest BCUT2D eigenvalue weighted by molar-refractivity contribution is 6.36. The summed E-state index contributed by atoms with van der Waals surface area (Å²) in [5, 5.41) is 3.96. The van der Waals surface area contributed by atoms with Crippen LogP contribution in [0.15, 0.2) is 60.7 Å². The Morgan fingerprint density at radius 1 is 0.914 bits per heavy atom. The Kier molecular flexibility index (Phi) is 7.50. The molecule has 0 saturated heterocycles. The molecule has 1 aromatic heterocycles. The molecule has 0 fully saturated rings. The molecule has 178 valence electrons. The zero-order chi connectivity index (χ0) is 25.1. The molecule has 0 aliphatic heterocycles. The smallest absolute Gasteiger partial charge is 0.319 e. The highest BCUT2D eigenvalue weighted by Crippen LogP contribution is 2.40.